The third-order valence-electron chi connectivity index (χ3n) is 1.91. The molecule has 0 spiro atoms. The molecule has 0 aliphatic carbocycles. The van der Waals surface area contributed by atoms with Crippen molar-refractivity contribution in [2.75, 3.05) is 18.1 Å². The monoisotopic (exact) mass is 246 g/mol. The molecule has 5 heteroatoms. The third-order valence-corrected chi connectivity index (χ3v) is 2.77. The van der Waals surface area contributed by atoms with E-state index in [0.29, 0.717) is 6.61 Å². The molecule has 0 radical (unpaired) electrons. The van der Waals surface area contributed by atoms with Gasteiger partial charge in [0.05, 0.1) is 12.3 Å². The van der Waals surface area contributed by atoms with Gasteiger partial charge in [0.25, 0.3) is 0 Å². The highest BCUT2D eigenvalue weighted by atomic mass is 32.2. The second kappa shape index (κ2) is 9.27. The molecule has 92 valence electrons. The summed E-state index contributed by atoms with van der Waals surface area (Å²) in [6.45, 7) is 5.83. The molecule has 0 rings (SSSR count). The highest BCUT2D eigenvalue weighted by molar-refractivity contribution is 7.99. The van der Waals surface area contributed by atoms with Crippen molar-refractivity contribution >= 4 is 23.7 Å². The molecule has 1 atom stereocenters. The second-order valence-electron chi connectivity index (χ2n) is 3.18. The van der Waals surface area contributed by atoms with Crippen LogP contribution >= 0.6 is 11.8 Å². The zero-order valence-corrected chi connectivity index (χ0v) is 10.3. The zero-order chi connectivity index (χ0) is 12.4. The average molecular weight is 246 g/mol. The van der Waals surface area contributed by atoms with E-state index in [9.17, 15) is 9.59 Å². The lowest BCUT2D eigenvalue weighted by Crippen LogP contribution is -2.19. The highest BCUT2D eigenvalue weighted by Gasteiger charge is 2.20. The van der Waals surface area contributed by atoms with Crippen LogP contribution in [0.1, 0.15) is 19.8 Å². The van der Waals surface area contributed by atoms with E-state index in [4.69, 9.17) is 9.84 Å². The van der Waals surface area contributed by atoms with Crippen molar-refractivity contribution in [3.8, 4) is 0 Å². The van der Waals surface area contributed by atoms with Crippen LogP contribution in [-0.4, -0.2) is 35.2 Å². The maximum Gasteiger partial charge on any atom is 0.307 e. The molecule has 0 saturated carbocycles. The smallest absolute Gasteiger partial charge is 0.307 e. The predicted octanol–water partition coefficient (Wildman–Crippen LogP) is 1.95. The zero-order valence-electron chi connectivity index (χ0n) is 9.48. The van der Waals surface area contributed by atoms with Crippen molar-refractivity contribution in [1.82, 2.24) is 0 Å². The summed E-state index contributed by atoms with van der Waals surface area (Å²) in [6, 6.07) is 0. The van der Waals surface area contributed by atoms with E-state index < -0.39 is 17.9 Å². The fraction of sp³-hybridized carbons (Fsp3) is 0.636. The number of carbonyl (C=O) groups excluding carboxylic acids is 1. The van der Waals surface area contributed by atoms with Crippen molar-refractivity contribution in [3.05, 3.63) is 12.7 Å². The van der Waals surface area contributed by atoms with Gasteiger partial charge in [-0.25, -0.2) is 0 Å². The van der Waals surface area contributed by atoms with Gasteiger partial charge >= 0.3 is 11.9 Å². The molecule has 0 aliphatic heterocycles. The first-order valence-electron chi connectivity index (χ1n) is 5.18. The van der Waals surface area contributed by atoms with Crippen LogP contribution in [0.2, 0.25) is 0 Å². The molecular formula is C11H18O4S. The number of carboxylic acids is 1. The minimum absolute atomic E-state index is 0.0852. The Balaban J connectivity index is 3.81. The highest BCUT2D eigenvalue weighted by Crippen LogP contribution is 2.10. The van der Waals surface area contributed by atoms with E-state index in [2.05, 4.69) is 6.58 Å². The Morgan fingerprint density at radius 1 is 1.56 bits per heavy atom. The van der Waals surface area contributed by atoms with Crippen LogP contribution in [0.25, 0.3) is 0 Å². The van der Waals surface area contributed by atoms with Gasteiger partial charge in [0.1, 0.15) is 6.61 Å². The van der Waals surface area contributed by atoms with Crippen molar-refractivity contribution < 1.29 is 19.4 Å². The van der Waals surface area contributed by atoms with Crippen LogP contribution in [0.5, 0.6) is 0 Å². The summed E-state index contributed by atoms with van der Waals surface area (Å²) in [5, 5.41) is 8.80. The molecule has 0 aromatic carbocycles. The number of esters is 1. The topological polar surface area (TPSA) is 63.6 Å². The summed E-state index contributed by atoms with van der Waals surface area (Å²) < 4.78 is 4.91. The minimum Gasteiger partial charge on any atom is -0.481 e. The number of hydrogen-bond acceptors (Lipinski definition) is 4. The molecular weight excluding hydrogens is 228 g/mol. The maximum absolute atomic E-state index is 11.3. The Hall–Kier alpha value is -0.970. The van der Waals surface area contributed by atoms with Crippen LogP contribution in [0, 0.1) is 5.92 Å². The minimum atomic E-state index is -0.986. The lowest BCUT2D eigenvalue weighted by molar-refractivity contribution is -0.151. The third kappa shape index (κ3) is 7.34. The standard InChI is InChI=1S/C11H18O4S/c1-3-5-9(11(13)14)8-10(12)15-6-7-16-4-2/h3,9H,1,4-8H2,2H3,(H,13,14). The fourth-order valence-corrected chi connectivity index (χ4v) is 1.58. The molecule has 1 unspecified atom stereocenters. The van der Waals surface area contributed by atoms with Crippen LogP contribution in [0.15, 0.2) is 12.7 Å². The molecule has 16 heavy (non-hydrogen) atoms. The van der Waals surface area contributed by atoms with Crippen molar-refractivity contribution in [2.24, 2.45) is 5.92 Å². The van der Waals surface area contributed by atoms with E-state index in [1.165, 1.54) is 6.08 Å². The molecule has 0 heterocycles. The molecule has 0 aromatic rings. The number of aliphatic carboxylic acids is 1. The van der Waals surface area contributed by atoms with E-state index in [0.717, 1.165) is 11.5 Å². The van der Waals surface area contributed by atoms with Gasteiger partial charge in [-0.1, -0.05) is 13.0 Å². The van der Waals surface area contributed by atoms with Gasteiger partial charge in [-0.05, 0) is 12.2 Å². The second-order valence-corrected chi connectivity index (χ2v) is 4.57. The molecule has 0 amide bonds. The molecule has 0 aromatic heterocycles. The van der Waals surface area contributed by atoms with E-state index in [1.54, 1.807) is 11.8 Å². The number of carbonyl (C=O) groups is 2. The molecule has 0 fully saturated rings. The molecule has 4 nitrogen and oxygen atoms in total. The van der Waals surface area contributed by atoms with Crippen molar-refractivity contribution in [2.45, 2.75) is 19.8 Å². The Morgan fingerprint density at radius 2 is 2.25 bits per heavy atom. The van der Waals surface area contributed by atoms with Crippen LogP contribution in [0.4, 0.5) is 0 Å². The summed E-state index contributed by atoms with van der Waals surface area (Å²) >= 11 is 1.68. The lowest BCUT2D eigenvalue weighted by atomic mass is 10.0. The van der Waals surface area contributed by atoms with Gasteiger partial charge in [0, 0.05) is 5.75 Å². The van der Waals surface area contributed by atoms with E-state index in [1.807, 2.05) is 6.92 Å². The van der Waals surface area contributed by atoms with Gasteiger partial charge in [0.15, 0.2) is 0 Å². The van der Waals surface area contributed by atoms with Crippen molar-refractivity contribution in [3.63, 3.8) is 0 Å². The lowest BCUT2D eigenvalue weighted by Gasteiger charge is -2.09. The van der Waals surface area contributed by atoms with Crippen LogP contribution < -0.4 is 0 Å². The molecule has 0 bridgehead atoms. The normalized spacial score (nSPS) is 11.8. The van der Waals surface area contributed by atoms with Crippen LogP contribution in [-0.2, 0) is 14.3 Å². The number of hydrogen-bond donors (Lipinski definition) is 1. The Labute approximate surface area is 100 Å². The van der Waals surface area contributed by atoms with Gasteiger partial charge in [-0.3, -0.25) is 9.59 Å². The first-order chi connectivity index (χ1) is 7.61. The first kappa shape index (κ1) is 15.0. The number of allylic oxidation sites excluding steroid dienone is 1. The summed E-state index contributed by atoms with van der Waals surface area (Å²) in [6.07, 6.45) is 1.70. The Morgan fingerprint density at radius 3 is 2.75 bits per heavy atom. The predicted molar refractivity (Wildman–Crippen MR) is 64.5 cm³/mol. The number of rotatable bonds is 9. The number of carboxylic acid groups (broad SMARTS) is 1. The molecule has 1 N–H and O–H groups in total. The van der Waals surface area contributed by atoms with Gasteiger partial charge in [0.2, 0.25) is 0 Å². The van der Waals surface area contributed by atoms with Gasteiger partial charge in [-0.15, -0.1) is 6.58 Å². The fourth-order valence-electron chi connectivity index (χ4n) is 1.09. The van der Waals surface area contributed by atoms with Gasteiger partial charge < -0.3 is 9.84 Å². The maximum atomic E-state index is 11.3. The van der Waals surface area contributed by atoms with E-state index in [-0.39, 0.29) is 12.8 Å². The van der Waals surface area contributed by atoms with Crippen molar-refractivity contribution in [1.29, 1.82) is 0 Å². The Bertz CT molecular complexity index is 240. The Kier molecular flexibility index (Phi) is 8.71. The quantitative estimate of drug-likeness (QED) is 0.383. The van der Waals surface area contributed by atoms with E-state index >= 15 is 0 Å². The summed E-state index contributed by atoms with van der Waals surface area (Å²) in [5.74, 6) is -0.428. The SMILES string of the molecule is C=CCC(CC(=O)OCCSCC)C(=O)O. The summed E-state index contributed by atoms with van der Waals surface area (Å²) in [4.78, 5) is 22.0. The first-order valence-corrected chi connectivity index (χ1v) is 6.34. The summed E-state index contributed by atoms with van der Waals surface area (Å²) in [7, 11) is 0. The largest absolute Gasteiger partial charge is 0.481 e. The summed E-state index contributed by atoms with van der Waals surface area (Å²) in [5.41, 5.74) is 0. The van der Waals surface area contributed by atoms with Gasteiger partial charge in [-0.2, -0.15) is 11.8 Å². The molecule has 0 aliphatic rings. The number of thioether (sulfide) groups is 1. The molecule has 0 saturated heterocycles. The van der Waals surface area contributed by atoms with Crippen LogP contribution in [0.3, 0.4) is 0 Å². The number of ether oxygens (including phenoxy) is 1. The average Bonchev–Trinajstić information content (AvgIpc) is 2.23.